The van der Waals surface area contributed by atoms with Gasteiger partial charge in [0.15, 0.2) is 6.04 Å². The molecule has 0 radical (unpaired) electrons. The first kappa shape index (κ1) is 16.3. The van der Waals surface area contributed by atoms with E-state index >= 15 is 0 Å². The zero-order chi connectivity index (χ0) is 17.3. The third kappa shape index (κ3) is 3.66. The van der Waals surface area contributed by atoms with Gasteiger partial charge in [-0.25, -0.2) is 4.79 Å². The standard InChI is InChI=1S/C15H16F3N5O/c1-23-12(7-11(22-23)9-4-5-9)20-14(24)21-13(15(16,17)18)10-3-2-6-19-8-10/h2-3,6-9,13H,4-5H2,1H3,(H2,20,21,24). The van der Waals surface area contributed by atoms with Crippen LogP contribution in [0.25, 0.3) is 0 Å². The van der Waals surface area contributed by atoms with E-state index in [2.05, 4.69) is 15.4 Å². The number of amides is 2. The van der Waals surface area contributed by atoms with E-state index in [9.17, 15) is 18.0 Å². The number of hydrogen-bond donors (Lipinski definition) is 2. The fraction of sp³-hybridized carbons (Fsp3) is 0.400. The number of hydrogen-bond acceptors (Lipinski definition) is 3. The summed E-state index contributed by atoms with van der Waals surface area (Å²) in [5.41, 5.74) is 0.705. The van der Waals surface area contributed by atoms with E-state index in [0.717, 1.165) is 24.7 Å². The molecule has 0 saturated heterocycles. The highest BCUT2D eigenvalue weighted by Crippen LogP contribution is 2.40. The van der Waals surface area contributed by atoms with Crippen molar-refractivity contribution < 1.29 is 18.0 Å². The van der Waals surface area contributed by atoms with Crippen molar-refractivity contribution >= 4 is 11.8 Å². The average Bonchev–Trinajstić information content (AvgIpc) is 3.30. The average molecular weight is 339 g/mol. The van der Waals surface area contributed by atoms with Crippen LogP contribution in [0.3, 0.4) is 0 Å². The monoisotopic (exact) mass is 339 g/mol. The SMILES string of the molecule is Cn1nc(C2CC2)cc1NC(=O)NC(c1cccnc1)C(F)(F)F. The Balaban J connectivity index is 1.72. The van der Waals surface area contributed by atoms with Crippen molar-refractivity contribution in [2.24, 2.45) is 7.05 Å². The van der Waals surface area contributed by atoms with Crippen molar-refractivity contribution in [2.45, 2.75) is 31.0 Å². The molecule has 0 aromatic carbocycles. The van der Waals surface area contributed by atoms with Crippen molar-refractivity contribution in [2.75, 3.05) is 5.32 Å². The maximum absolute atomic E-state index is 13.2. The second-order valence-electron chi connectivity index (χ2n) is 5.71. The number of nitrogens with one attached hydrogen (secondary N) is 2. The zero-order valence-corrected chi connectivity index (χ0v) is 12.8. The summed E-state index contributed by atoms with van der Waals surface area (Å²) in [5.74, 6) is 0.731. The van der Waals surface area contributed by atoms with Crippen molar-refractivity contribution in [3.63, 3.8) is 0 Å². The molecular weight excluding hydrogens is 323 g/mol. The highest BCUT2D eigenvalue weighted by atomic mass is 19.4. The first-order chi connectivity index (χ1) is 11.3. The Kier molecular flexibility index (Phi) is 4.16. The van der Waals surface area contributed by atoms with Gasteiger partial charge in [0.2, 0.25) is 0 Å². The summed E-state index contributed by atoms with van der Waals surface area (Å²) in [6.07, 6.45) is -0.106. The van der Waals surface area contributed by atoms with Crippen LogP contribution in [0, 0.1) is 0 Å². The molecule has 1 aliphatic carbocycles. The summed E-state index contributed by atoms with van der Waals surface area (Å²) in [6.45, 7) is 0. The molecule has 1 saturated carbocycles. The van der Waals surface area contributed by atoms with Crippen molar-refractivity contribution in [1.29, 1.82) is 0 Å². The van der Waals surface area contributed by atoms with Gasteiger partial charge in [-0.3, -0.25) is 15.0 Å². The predicted molar refractivity (Wildman–Crippen MR) is 80.4 cm³/mol. The van der Waals surface area contributed by atoms with Crippen LogP contribution < -0.4 is 10.6 Å². The topological polar surface area (TPSA) is 71.8 Å². The molecule has 2 amide bonds. The molecule has 3 rings (SSSR count). The molecule has 1 unspecified atom stereocenters. The van der Waals surface area contributed by atoms with Gasteiger partial charge >= 0.3 is 12.2 Å². The fourth-order valence-corrected chi connectivity index (χ4v) is 2.37. The Bertz CT molecular complexity index is 724. The molecule has 9 heteroatoms. The van der Waals surface area contributed by atoms with Crippen LogP contribution in [-0.4, -0.2) is 27.0 Å². The van der Waals surface area contributed by atoms with Crippen LogP contribution in [0.5, 0.6) is 0 Å². The summed E-state index contributed by atoms with van der Waals surface area (Å²) in [4.78, 5) is 15.7. The van der Waals surface area contributed by atoms with E-state index in [0.29, 0.717) is 11.7 Å². The second kappa shape index (κ2) is 6.14. The third-order valence-corrected chi connectivity index (χ3v) is 3.76. The number of pyridine rings is 1. The minimum Gasteiger partial charge on any atom is -0.322 e. The van der Waals surface area contributed by atoms with Crippen LogP contribution in [0.1, 0.15) is 36.1 Å². The molecule has 24 heavy (non-hydrogen) atoms. The maximum atomic E-state index is 13.2. The lowest BCUT2D eigenvalue weighted by molar-refractivity contribution is -0.154. The first-order valence-electron chi connectivity index (χ1n) is 7.42. The van der Waals surface area contributed by atoms with E-state index in [4.69, 9.17) is 0 Å². The summed E-state index contributed by atoms with van der Waals surface area (Å²) in [5, 5.41) is 8.62. The lowest BCUT2D eigenvalue weighted by Gasteiger charge is -2.21. The van der Waals surface area contributed by atoms with Gasteiger partial charge in [0.1, 0.15) is 5.82 Å². The van der Waals surface area contributed by atoms with Gasteiger partial charge in [0.25, 0.3) is 0 Å². The number of carbonyl (C=O) groups excluding carboxylic acids is 1. The lowest BCUT2D eigenvalue weighted by Crippen LogP contribution is -2.40. The zero-order valence-electron chi connectivity index (χ0n) is 12.8. The van der Waals surface area contributed by atoms with Crippen LogP contribution in [0.4, 0.5) is 23.8 Å². The van der Waals surface area contributed by atoms with Gasteiger partial charge in [-0.15, -0.1) is 0 Å². The number of aromatic nitrogens is 3. The number of nitrogens with zero attached hydrogens (tertiary/aromatic N) is 3. The minimum absolute atomic E-state index is 0.135. The summed E-state index contributed by atoms with van der Waals surface area (Å²) in [7, 11) is 1.63. The van der Waals surface area contributed by atoms with Gasteiger partial charge in [-0.05, 0) is 18.9 Å². The number of rotatable bonds is 4. The maximum Gasteiger partial charge on any atom is 0.412 e. The molecule has 1 fully saturated rings. The molecule has 6 nitrogen and oxygen atoms in total. The summed E-state index contributed by atoms with van der Waals surface area (Å²) < 4.78 is 41.1. The molecule has 0 aliphatic heterocycles. The first-order valence-corrected chi connectivity index (χ1v) is 7.42. The highest BCUT2D eigenvalue weighted by molar-refractivity contribution is 5.88. The Hall–Kier alpha value is -2.58. The number of carbonyl (C=O) groups is 1. The molecule has 0 spiro atoms. The van der Waals surface area contributed by atoms with Crippen LogP contribution in [-0.2, 0) is 7.05 Å². The Labute approximate surface area is 136 Å². The molecular formula is C15H16F3N5O. The van der Waals surface area contributed by atoms with E-state index in [1.54, 1.807) is 13.1 Å². The van der Waals surface area contributed by atoms with Crippen LogP contribution >= 0.6 is 0 Å². The van der Waals surface area contributed by atoms with E-state index < -0.39 is 18.2 Å². The molecule has 128 valence electrons. The number of halogens is 3. The van der Waals surface area contributed by atoms with Crippen molar-refractivity contribution in [1.82, 2.24) is 20.1 Å². The van der Waals surface area contributed by atoms with E-state index in [-0.39, 0.29) is 5.56 Å². The molecule has 0 bridgehead atoms. The number of anilines is 1. The molecule has 2 N–H and O–H groups in total. The minimum atomic E-state index is -4.63. The summed E-state index contributed by atoms with van der Waals surface area (Å²) >= 11 is 0. The van der Waals surface area contributed by atoms with Gasteiger partial charge in [-0.2, -0.15) is 18.3 Å². The van der Waals surface area contributed by atoms with Crippen molar-refractivity contribution in [3.05, 3.63) is 41.9 Å². The number of alkyl halides is 3. The summed E-state index contributed by atoms with van der Waals surface area (Å²) in [6, 6.07) is 1.25. The smallest absolute Gasteiger partial charge is 0.322 e. The Morgan fingerprint density at radius 2 is 2.17 bits per heavy atom. The fourth-order valence-electron chi connectivity index (χ4n) is 2.37. The number of urea groups is 1. The van der Waals surface area contributed by atoms with Crippen LogP contribution in [0.2, 0.25) is 0 Å². The predicted octanol–water partition coefficient (Wildman–Crippen LogP) is 3.12. The molecule has 2 heterocycles. The van der Waals surface area contributed by atoms with E-state index in [1.807, 2.05) is 5.32 Å². The molecule has 2 aromatic heterocycles. The van der Waals surface area contributed by atoms with Gasteiger partial charge in [-0.1, -0.05) is 6.07 Å². The van der Waals surface area contributed by atoms with Crippen molar-refractivity contribution in [3.8, 4) is 0 Å². The molecule has 1 atom stereocenters. The van der Waals surface area contributed by atoms with Gasteiger partial charge < -0.3 is 5.32 Å². The normalized spacial score (nSPS) is 15.8. The highest BCUT2D eigenvalue weighted by Gasteiger charge is 2.42. The van der Waals surface area contributed by atoms with Gasteiger partial charge in [0, 0.05) is 37.0 Å². The van der Waals surface area contributed by atoms with Gasteiger partial charge in [0.05, 0.1) is 5.69 Å². The largest absolute Gasteiger partial charge is 0.412 e. The Morgan fingerprint density at radius 3 is 2.75 bits per heavy atom. The van der Waals surface area contributed by atoms with Crippen LogP contribution in [0.15, 0.2) is 30.6 Å². The molecule has 1 aliphatic rings. The lowest BCUT2D eigenvalue weighted by atomic mass is 10.1. The number of aryl methyl sites for hydroxylation is 1. The quantitative estimate of drug-likeness (QED) is 0.899. The second-order valence-corrected chi connectivity index (χ2v) is 5.71. The third-order valence-electron chi connectivity index (χ3n) is 3.76. The Morgan fingerprint density at radius 1 is 1.42 bits per heavy atom. The van der Waals surface area contributed by atoms with E-state index in [1.165, 1.54) is 23.0 Å². The molecule has 2 aromatic rings.